The van der Waals surface area contributed by atoms with Gasteiger partial charge < -0.3 is 10.1 Å². The van der Waals surface area contributed by atoms with Gasteiger partial charge in [-0.25, -0.2) is 0 Å². The van der Waals surface area contributed by atoms with E-state index in [0.717, 1.165) is 9.75 Å². The Morgan fingerprint density at radius 2 is 2.46 bits per heavy atom. The number of thiophene rings is 1. The van der Waals surface area contributed by atoms with E-state index in [1.54, 1.807) is 7.11 Å². The van der Waals surface area contributed by atoms with Crippen LogP contribution in [-0.2, 0) is 11.2 Å². The van der Waals surface area contributed by atoms with E-state index in [1.807, 2.05) is 12.1 Å². The van der Waals surface area contributed by atoms with Crippen LogP contribution in [0.3, 0.4) is 0 Å². The summed E-state index contributed by atoms with van der Waals surface area (Å²) >= 11 is 1.48. The van der Waals surface area contributed by atoms with E-state index in [-0.39, 0.29) is 0 Å². The first kappa shape index (κ1) is 9.90. The number of ether oxygens (including phenoxy) is 1. The fourth-order valence-electron chi connectivity index (χ4n) is 0.928. The van der Waals surface area contributed by atoms with Crippen LogP contribution in [0.4, 0.5) is 0 Å². The maximum Gasteiger partial charge on any atom is 0.0891 e. The van der Waals surface area contributed by atoms with Crippen LogP contribution in [0.25, 0.3) is 0 Å². The summed E-state index contributed by atoms with van der Waals surface area (Å²) in [4.78, 5) is 1.88. The predicted molar refractivity (Wildman–Crippen MR) is 52.3 cm³/mol. The summed E-state index contributed by atoms with van der Waals surface area (Å²) in [5, 5.41) is 16.0. The van der Waals surface area contributed by atoms with E-state index < -0.39 is 0 Å². The average molecular weight is 194 g/mol. The smallest absolute Gasteiger partial charge is 0.0891 e. The Morgan fingerprint density at radius 1 is 1.69 bits per heavy atom. The minimum Gasteiger partial charge on any atom is -0.378 e. The highest BCUT2D eigenvalue weighted by atomic mass is 32.1. The van der Waals surface area contributed by atoms with Crippen LogP contribution < -0.4 is 0 Å². The van der Waals surface area contributed by atoms with Crippen molar-refractivity contribution in [3.63, 3.8) is 0 Å². The van der Waals surface area contributed by atoms with Gasteiger partial charge >= 0.3 is 0 Å². The SMILES string of the molecule is COCC(=N)c1ccc(CC#N)s1. The molecule has 0 aromatic carbocycles. The van der Waals surface area contributed by atoms with Crippen molar-refractivity contribution in [2.24, 2.45) is 0 Å². The second-order valence-electron chi connectivity index (χ2n) is 2.51. The van der Waals surface area contributed by atoms with Gasteiger partial charge in [0.05, 0.1) is 29.7 Å². The summed E-state index contributed by atoms with van der Waals surface area (Å²) in [6.07, 6.45) is 0.422. The van der Waals surface area contributed by atoms with Crippen LogP contribution in [0.2, 0.25) is 0 Å². The first-order chi connectivity index (χ1) is 6.27. The highest BCUT2D eigenvalue weighted by Gasteiger charge is 2.04. The van der Waals surface area contributed by atoms with E-state index in [9.17, 15) is 0 Å². The summed E-state index contributed by atoms with van der Waals surface area (Å²) in [7, 11) is 1.57. The average Bonchev–Trinajstić information content (AvgIpc) is 2.54. The lowest BCUT2D eigenvalue weighted by Crippen LogP contribution is -2.04. The van der Waals surface area contributed by atoms with Crippen molar-refractivity contribution >= 4 is 17.0 Å². The summed E-state index contributed by atoms with van der Waals surface area (Å²) < 4.78 is 4.84. The van der Waals surface area contributed by atoms with Crippen LogP contribution >= 0.6 is 11.3 Å². The molecule has 3 nitrogen and oxygen atoms in total. The van der Waals surface area contributed by atoms with Crippen LogP contribution in [0, 0.1) is 16.7 Å². The van der Waals surface area contributed by atoms with E-state index in [2.05, 4.69) is 6.07 Å². The van der Waals surface area contributed by atoms with Gasteiger partial charge in [-0.15, -0.1) is 11.3 Å². The normalized spacial score (nSPS) is 9.54. The molecule has 1 N–H and O–H groups in total. The molecule has 0 fully saturated rings. The molecule has 0 aliphatic carbocycles. The summed E-state index contributed by atoms with van der Waals surface area (Å²) in [5.41, 5.74) is 0.469. The Kier molecular flexibility index (Phi) is 3.62. The van der Waals surface area contributed by atoms with Crippen LogP contribution in [-0.4, -0.2) is 19.4 Å². The molecule has 0 amide bonds. The Hall–Kier alpha value is -1.18. The largest absolute Gasteiger partial charge is 0.378 e. The second-order valence-corrected chi connectivity index (χ2v) is 3.68. The fourth-order valence-corrected chi connectivity index (χ4v) is 1.80. The second kappa shape index (κ2) is 4.75. The van der Waals surface area contributed by atoms with Crippen molar-refractivity contribution in [1.82, 2.24) is 0 Å². The summed E-state index contributed by atoms with van der Waals surface area (Å²) in [5.74, 6) is 0. The quantitative estimate of drug-likeness (QED) is 0.743. The maximum atomic E-state index is 8.45. The molecule has 0 bridgehead atoms. The molecule has 1 aromatic heterocycles. The van der Waals surface area contributed by atoms with Gasteiger partial charge in [0, 0.05) is 12.0 Å². The zero-order valence-corrected chi connectivity index (χ0v) is 8.15. The van der Waals surface area contributed by atoms with Gasteiger partial charge in [0.1, 0.15) is 0 Å². The first-order valence-corrected chi connectivity index (χ1v) is 4.62. The zero-order chi connectivity index (χ0) is 9.68. The molecule has 13 heavy (non-hydrogen) atoms. The Bertz CT molecular complexity index is 338. The van der Waals surface area contributed by atoms with Crippen molar-refractivity contribution in [2.75, 3.05) is 13.7 Å². The third-order valence-corrected chi connectivity index (χ3v) is 2.65. The number of nitrogens with zero attached hydrogens (tertiary/aromatic N) is 1. The number of hydrogen-bond acceptors (Lipinski definition) is 4. The zero-order valence-electron chi connectivity index (χ0n) is 7.33. The molecular weight excluding hydrogens is 184 g/mol. The van der Waals surface area contributed by atoms with Crippen molar-refractivity contribution in [3.05, 3.63) is 21.9 Å². The predicted octanol–water partition coefficient (Wildman–Crippen LogP) is 1.83. The van der Waals surface area contributed by atoms with Crippen LogP contribution in [0.5, 0.6) is 0 Å². The maximum absolute atomic E-state index is 8.45. The molecule has 0 aliphatic rings. The topological polar surface area (TPSA) is 56.9 Å². The van der Waals surface area contributed by atoms with Crippen LogP contribution in [0.15, 0.2) is 12.1 Å². The summed E-state index contributed by atoms with van der Waals surface area (Å²) in [6.45, 7) is 0.326. The number of nitrogens with one attached hydrogen (secondary N) is 1. The lowest BCUT2D eigenvalue weighted by molar-refractivity contribution is 0.245. The standard InChI is InChI=1S/C9H10N2OS/c1-12-6-8(11)9-3-2-7(13-9)4-5-10/h2-3,11H,4,6H2,1H3. The number of nitriles is 1. The molecule has 0 unspecified atom stereocenters. The lowest BCUT2D eigenvalue weighted by atomic mass is 10.3. The van der Waals surface area contributed by atoms with Crippen molar-refractivity contribution < 1.29 is 4.74 Å². The molecule has 1 rings (SSSR count). The molecular formula is C9H10N2OS. The van der Waals surface area contributed by atoms with Gasteiger partial charge in [-0.1, -0.05) is 0 Å². The Labute approximate surface area is 81.1 Å². The molecule has 4 heteroatoms. The Morgan fingerprint density at radius 3 is 3.08 bits per heavy atom. The van der Waals surface area contributed by atoms with E-state index in [4.69, 9.17) is 15.4 Å². The molecule has 0 spiro atoms. The van der Waals surface area contributed by atoms with Crippen LogP contribution in [0.1, 0.15) is 9.75 Å². The molecule has 0 atom stereocenters. The highest BCUT2D eigenvalue weighted by Crippen LogP contribution is 2.17. The van der Waals surface area contributed by atoms with Gasteiger partial charge in [0.15, 0.2) is 0 Å². The monoisotopic (exact) mass is 194 g/mol. The molecule has 0 radical (unpaired) electrons. The lowest BCUT2D eigenvalue weighted by Gasteiger charge is -1.96. The summed E-state index contributed by atoms with van der Waals surface area (Å²) in [6, 6.07) is 5.82. The van der Waals surface area contributed by atoms with Crippen molar-refractivity contribution in [3.8, 4) is 6.07 Å². The number of methoxy groups -OCH3 is 1. The van der Waals surface area contributed by atoms with Gasteiger partial charge in [-0.3, -0.25) is 0 Å². The minimum absolute atomic E-state index is 0.326. The van der Waals surface area contributed by atoms with Gasteiger partial charge in [0.25, 0.3) is 0 Å². The first-order valence-electron chi connectivity index (χ1n) is 3.80. The highest BCUT2D eigenvalue weighted by molar-refractivity contribution is 7.14. The van der Waals surface area contributed by atoms with E-state index in [0.29, 0.717) is 18.7 Å². The van der Waals surface area contributed by atoms with Crippen molar-refractivity contribution in [2.45, 2.75) is 6.42 Å². The fraction of sp³-hybridized carbons (Fsp3) is 0.333. The van der Waals surface area contributed by atoms with Gasteiger partial charge in [0.2, 0.25) is 0 Å². The number of hydrogen-bond donors (Lipinski definition) is 1. The van der Waals surface area contributed by atoms with E-state index in [1.165, 1.54) is 11.3 Å². The van der Waals surface area contributed by atoms with Gasteiger partial charge in [-0.05, 0) is 12.1 Å². The van der Waals surface area contributed by atoms with Gasteiger partial charge in [-0.2, -0.15) is 5.26 Å². The van der Waals surface area contributed by atoms with E-state index >= 15 is 0 Å². The third-order valence-electron chi connectivity index (χ3n) is 1.50. The molecule has 68 valence electrons. The molecule has 1 aromatic rings. The molecule has 1 heterocycles. The number of rotatable bonds is 4. The molecule has 0 saturated heterocycles. The molecule has 0 aliphatic heterocycles. The third kappa shape index (κ3) is 2.65. The van der Waals surface area contributed by atoms with Crippen molar-refractivity contribution in [1.29, 1.82) is 10.7 Å². The Balaban J connectivity index is 2.69. The molecule has 0 saturated carbocycles. The minimum atomic E-state index is 0.326.